The summed E-state index contributed by atoms with van der Waals surface area (Å²) in [7, 11) is -0.281. The van der Waals surface area contributed by atoms with Crippen LogP contribution in [0.1, 0.15) is 33.1 Å². The van der Waals surface area contributed by atoms with E-state index in [9.17, 15) is 0 Å². The molecule has 0 saturated heterocycles. The van der Waals surface area contributed by atoms with Crippen molar-refractivity contribution in [1.82, 2.24) is 0 Å². The van der Waals surface area contributed by atoms with Crippen molar-refractivity contribution in [3.05, 3.63) is 0 Å². The zero-order valence-electron chi connectivity index (χ0n) is 7.52. The Morgan fingerprint density at radius 2 is 2.22 bits per heavy atom. The van der Waals surface area contributed by atoms with Gasteiger partial charge in [0, 0.05) is 7.94 Å². The number of hydrogen-bond donors (Lipinski definition) is 0. The van der Waals surface area contributed by atoms with Gasteiger partial charge in [-0.3, -0.25) is 0 Å². The predicted molar refractivity (Wildman–Crippen MR) is 43.1 cm³/mol. The lowest BCUT2D eigenvalue weighted by atomic mass is 9.94. The van der Waals surface area contributed by atoms with E-state index >= 15 is 0 Å². The lowest BCUT2D eigenvalue weighted by molar-refractivity contribution is 0.325. The van der Waals surface area contributed by atoms with E-state index in [1.807, 2.05) is 0 Å². The van der Waals surface area contributed by atoms with E-state index in [-0.39, 0.29) is 7.45 Å². The molecule has 0 aliphatic carbocycles. The zero-order chi connectivity index (χ0) is 7.82. The molecular formula is C7H17BO. The largest absolute Gasteiger partial charge is 0.439 e. The second-order valence-corrected chi connectivity index (χ2v) is 2.18. The van der Waals surface area contributed by atoms with Crippen molar-refractivity contribution in [2.24, 2.45) is 0 Å². The highest BCUT2D eigenvalue weighted by Gasteiger charge is 1.87. The molecule has 0 atom stereocenters. The monoisotopic (exact) mass is 129 g/mol. The minimum atomic E-state index is -0.281. The Balaban J connectivity index is 2.97. The predicted octanol–water partition coefficient (Wildman–Crippen LogP) is 1.98. The van der Waals surface area contributed by atoms with E-state index in [0.717, 1.165) is 32.2 Å². The molecule has 0 amide bonds. The number of rotatable bonds is 6. The summed E-state index contributed by atoms with van der Waals surface area (Å²) in [6.07, 6.45) is 4.14. The molecule has 0 saturated carbocycles. The third kappa shape index (κ3) is 8.02. The highest BCUT2D eigenvalue weighted by atomic mass is 16.4. The van der Waals surface area contributed by atoms with Crippen LogP contribution in [0, 0.1) is 0 Å². The Labute approximate surface area is 60.4 Å². The summed E-state index contributed by atoms with van der Waals surface area (Å²) in [6, 6.07) is 0. The average Bonchev–Trinajstić information content (AvgIpc) is 1.89. The van der Waals surface area contributed by atoms with E-state index in [1.54, 1.807) is 0 Å². The highest BCUT2D eigenvalue weighted by molar-refractivity contribution is 6.26. The molecule has 0 N–H and O–H groups in total. The fraction of sp³-hybridized carbons (Fsp3) is 1.00. The Hall–Kier alpha value is 0.0249. The quantitative estimate of drug-likeness (QED) is 0.393. The second-order valence-electron chi connectivity index (χ2n) is 2.18. The molecule has 0 fully saturated rings. The van der Waals surface area contributed by atoms with Crippen molar-refractivity contribution >= 4 is 7.45 Å². The normalized spacial score (nSPS) is 11.1. The smallest absolute Gasteiger partial charge is 0.274 e. The van der Waals surface area contributed by atoms with E-state index in [4.69, 9.17) is 5.99 Å². The van der Waals surface area contributed by atoms with Gasteiger partial charge < -0.3 is 4.65 Å². The summed E-state index contributed by atoms with van der Waals surface area (Å²) in [5, 5.41) is 0. The van der Waals surface area contributed by atoms with Crippen LogP contribution in [0.2, 0.25) is 6.32 Å². The Morgan fingerprint density at radius 1 is 1.44 bits per heavy atom. The molecule has 1 nitrogen and oxygen atoms in total. The molecule has 0 aliphatic rings. The maximum absolute atomic E-state index is 7.33. The van der Waals surface area contributed by atoms with Gasteiger partial charge in [-0.25, -0.2) is 0 Å². The first kappa shape index (κ1) is 7.14. The summed E-state index contributed by atoms with van der Waals surface area (Å²) >= 11 is 0. The molecule has 0 aromatic carbocycles. The van der Waals surface area contributed by atoms with Crippen LogP contribution in [0.5, 0.6) is 0 Å². The molecule has 0 rings (SSSR count). The first-order valence-corrected chi connectivity index (χ1v) is 3.85. The summed E-state index contributed by atoms with van der Waals surface area (Å²) in [5.41, 5.74) is 0. The molecule has 0 bridgehead atoms. The van der Waals surface area contributed by atoms with Gasteiger partial charge in [-0.15, -0.1) is 0 Å². The Morgan fingerprint density at radius 3 is 2.78 bits per heavy atom. The topological polar surface area (TPSA) is 9.23 Å². The average molecular weight is 129 g/mol. The summed E-state index contributed by atoms with van der Waals surface area (Å²) in [5.74, 6) is 0. The van der Waals surface area contributed by atoms with Crippen LogP contribution in [0.15, 0.2) is 0 Å². The fourth-order valence-corrected chi connectivity index (χ4v) is 0.512. The highest BCUT2D eigenvalue weighted by Crippen LogP contribution is 1.90. The van der Waals surface area contributed by atoms with E-state index < -0.39 is 0 Å². The zero-order valence-corrected chi connectivity index (χ0v) is 6.52. The molecule has 0 radical (unpaired) electrons. The van der Waals surface area contributed by atoms with Crippen molar-refractivity contribution in [3.63, 3.8) is 0 Å². The second kappa shape index (κ2) is 8.02. The lowest BCUT2D eigenvalue weighted by Crippen LogP contribution is -1.98. The van der Waals surface area contributed by atoms with Crippen LogP contribution < -0.4 is 0 Å². The van der Waals surface area contributed by atoms with Crippen LogP contribution in [0.3, 0.4) is 0 Å². The van der Waals surface area contributed by atoms with E-state index in [0.29, 0.717) is 0 Å². The number of hydrogen-bond acceptors (Lipinski definition) is 1. The van der Waals surface area contributed by atoms with Gasteiger partial charge in [0.1, 0.15) is 0 Å². The molecular weight excluding hydrogens is 111 g/mol. The van der Waals surface area contributed by atoms with Crippen molar-refractivity contribution < 1.29 is 4.65 Å². The van der Waals surface area contributed by atoms with Gasteiger partial charge in [0.25, 0.3) is 7.45 Å². The van der Waals surface area contributed by atoms with Crippen LogP contribution in [-0.4, -0.2) is 15.4 Å². The van der Waals surface area contributed by atoms with Crippen molar-refractivity contribution in [3.8, 4) is 0 Å². The third-order valence-corrected chi connectivity index (χ3v) is 1.14. The van der Waals surface area contributed by atoms with Crippen LogP contribution >= 0.6 is 0 Å². The van der Waals surface area contributed by atoms with Crippen molar-refractivity contribution in [2.75, 3.05) is 6.61 Å². The summed E-state index contributed by atoms with van der Waals surface area (Å²) in [6.45, 7) is 4.96. The summed E-state index contributed by atoms with van der Waals surface area (Å²) < 4.78 is 12.5. The molecule has 54 valence electrons. The standard InChI is InChI=1S/C7H17BO/c1-3-5-7-9-8-6-4-2/h8H,3-7H2,1-2H3/i8D. The molecule has 0 heterocycles. The minimum absolute atomic E-state index is 0.281. The van der Waals surface area contributed by atoms with Gasteiger partial charge in [-0.2, -0.15) is 0 Å². The van der Waals surface area contributed by atoms with Crippen molar-refractivity contribution in [2.45, 2.75) is 39.4 Å². The van der Waals surface area contributed by atoms with Gasteiger partial charge in [-0.05, 0) is 6.42 Å². The number of unbranched alkanes of at least 4 members (excludes halogenated alkanes) is 1. The lowest BCUT2D eigenvalue weighted by Gasteiger charge is -1.98. The first-order chi connectivity index (χ1) is 4.81. The van der Waals surface area contributed by atoms with Crippen LogP contribution in [-0.2, 0) is 4.65 Å². The maximum Gasteiger partial charge on any atom is 0.274 e. The van der Waals surface area contributed by atoms with Gasteiger partial charge >= 0.3 is 0 Å². The maximum atomic E-state index is 7.33. The molecule has 9 heavy (non-hydrogen) atoms. The minimum Gasteiger partial charge on any atom is -0.439 e. The molecule has 0 aromatic heterocycles. The van der Waals surface area contributed by atoms with Crippen molar-refractivity contribution in [1.29, 1.82) is 1.34 Å². The molecule has 0 aromatic rings. The van der Waals surface area contributed by atoms with Gasteiger partial charge in [-0.1, -0.05) is 33.0 Å². The SMILES string of the molecule is [2H]B(CCC)OCCCC. The van der Waals surface area contributed by atoms with Gasteiger partial charge in [0.05, 0.1) is 0 Å². The summed E-state index contributed by atoms with van der Waals surface area (Å²) in [4.78, 5) is 0. The van der Waals surface area contributed by atoms with Gasteiger partial charge in [0.2, 0.25) is 0 Å². The van der Waals surface area contributed by atoms with E-state index in [1.165, 1.54) is 0 Å². The Bertz CT molecular complexity index is 70.6. The molecule has 0 aliphatic heterocycles. The fourth-order valence-electron chi connectivity index (χ4n) is 0.512. The van der Waals surface area contributed by atoms with Crippen LogP contribution in [0.25, 0.3) is 0 Å². The van der Waals surface area contributed by atoms with E-state index in [2.05, 4.69) is 13.8 Å². The third-order valence-electron chi connectivity index (χ3n) is 1.14. The van der Waals surface area contributed by atoms with Crippen LogP contribution in [0.4, 0.5) is 0 Å². The molecule has 2 heteroatoms. The molecule has 0 unspecified atom stereocenters. The van der Waals surface area contributed by atoms with Gasteiger partial charge in [0.15, 0.2) is 0 Å². The first-order valence-electron chi connectivity index (χ1n) is 4.42. The Kier molecular flexibility index (Phi) is 6.36. The molecule has 0 spiro atoms.